The molecule has 34 heavy (non-hydrogen) atoms. The van der Waals surface area contributed by atoms with Crippen LogP contribution < -0.4 is 20.7 Å². The fourth-order valence-corrected chi connectivity index (χ4v) is 5.00. The molecule has 0 spiro atoms. The molecule has 0 atom stereocenters. The Balaban J connectivity index is 1.46. The van der Waals surface area contributed by atoms with E-state index in [0.717, 1.165) is 60.4 Å². The molecular weight excluding hydrogens is 446 g/mol. The minimum atomic E-state index is -1.58. The smallest absolute Gasteiger partial charge is 0.324 e. The Morgan fingerprint density at radius 3 is 2.53 bits per heavy atom. The molecule has 1 aromatic heterocycles. The first-order valence-electron chi connectivity index (χ1n) is 12.0. The Morgan fingerprint density at radius 1 is 1.09 bits per heavy atom. The normalized spacial score (nSPS) is 14.8. The summed E-state index contributed by atoms with van der Waals surface area (Å²) in [6.07, 6.45) is 0. The quantitative estimate of drug-likeness (QED) is 0.476. The molecule has 0 radical (unpaired) electrons. The zero-order valence-corrected chi connectivity index (χ0v) is 21.6. The SMILES string of the molecule is CCn1nc([Si](C)(C)C)cc1NC(=O)Nc1ccc(OCCN2CCOCC2)c2ccccc12. The van der Waals surface area contributed by atoms with Crippen LogP contribution in [0, 0.1) is 0 Å². The molecular formula is C25H35N5O3Si. The lowest BCUT2D eigenvalue weighted by Crippen LogP contribution is -2.39. The van der Waals surface area contributed by atoms with Crippen LogP contribution in [0.3, 0.4) is 0 Å². The van der Waals surface area contributed by atoms with Crippen molar-refractivity contribution in [2.45, 2.75) is 33.1 Å². The Kier molecular flexibility index (Phi) is 7.55. The predicted octanol–water partition coefficient (Wildman–Crippen LogP) is 3.96. The van der Waals surface area contributed by atoms with Gasteiger partial charge in [-0.15, -0.1) is 0 Å². The van der Waals surface area contributed by atoms with Gasteiger partial charge >= 0.3 is 6.03 Å². The monoisotopic (exact) mass is 481 g/mol. The molecule has 1 fully saturated rings. The number of nitrogens with zero attached hydrogens (tertiary/aromatic N) is 3. The Hall–Kier alpha value is -2.88. The molecule has 0 bridgehead atoms. The number of ether oxygens (including phenoxy) is 2. The van der Waals surface area contributed by atoms with Gasteiger partial charge in [0, 0.05) is 42.3 Å². The summed E-state index contributed by atoms with van der Waals surface area (Å²) in [5, 5.41) is 13.7. The van der Waals surface area contributed by atoms with Crippen LogP contribution in [0.15, 0.2) is 42.5 Å². The number of amides is 2. The molecule has 4 rings (SSSR count). The van der Waals surface area contributed by atoms with Crippen molar-refractivity contribution in [1.82, 2.24) is 14.7 Å². The van der Waals surface area contributed by atoms with E-state index in [-0.39, 0.29) is 6.03 Å². The maximum atomic E-state index is 12.9. The number of aryl methyl sites for hydroxylation is 1. The van der Waals surface area contributed by atoms with Crippen molar-refractivity contribution in [2.75, 3.05) is 50.1 Å². The van der Waals surface area contributed by atoms with Crippen LogP contribution in [0.4, 0.5) is 16.3 Å². The van der Waals surface area contributed by atoms with Crippen molar-refractivity contribution in [3.05, 3.63) is 42.5 Å². The van der Waals surface area contributed by atoms with Gasteiger partial charge in [0.15, 0.2) is 0 Å². The standard InChI is InChI=1S/C25H35N5O3Si/c1-5-30-23(18-24(28-30)34(2,3)4)27-25(31)26-21-10-11-22(20-9-7-6-8-19(20)21)33-17-14-29-12-15-32-16-13-29/h6-11,18H,5,12-17H2,1-4H3,(H2,26,27,31). The molecule has 2 amide bonds. The van der Waals surface area contributed by atoms with Gasteiger partial charge in [0.25, 0.3) is 0 Å². The predicted molar refractivity (Wildman–Crippen MR) is 140 cm³/mol. The molecule has 0 aliphatic carbocycles. The lowest BCUT2D eigenvalue weighted by Gasteiger charge is -2.26. The van der Waals surface area contributed by atoms with E-state index in [1.54, 1.807) is 0 Å². The van der Waals surface area contributed by atoms with Crippen LogP contribution in [-0.2, 0) is 11.3 Å². The molecule has 0 unspecified atom stereocenters. The number of morpholine rings is 1. The van der Waals surface area contributed by atoms with E-state index in [2.05, 4.69) is 35.2 Å². The first-order chi connectivity index (χ1) is 16.3. The molecule has 2 heterocycles. The molecule has 3 aromatic rings. The van der Waals surface area contributed by atoms with Crippen LogP contribution in [0.5, 0.6) is 5.75 Å². The molecule has 0 saturated carbocycles. The third kappa shape index (κ3) is 5.78. The summed E-state index contributed by atoms with van der Waals surface area (Å²) in [4.78, 5) is 15.2. The molecule has 1 aliphatic heterocycles. The molecule has 8 nitrogen and oxygen atoms in total. The van der Waals surface area contributed by atoms with Gasteiger partial charge in [0.1, 0.15) is 26.2 Å². The van der Waals surface area contributed by atoms with Gasteiger partial charge in [-0.1, -0.05) is 43.9 Å². The third-order valence-electron chi connectivity index (χ3n) is 5.99. The number of benzene rings is 2. The summed E-state index contributed by atoms with van der Waals surface area (Å²) in [5.74, 6) is 1.53. The number of anilines is 2. The zero-order chi connectivity index (χ0) is 24.1. The summed E-state index contributed by atoms with van der Waals surface area (Å²) in [5.41, 5.74) is 0.738. The van der Waals surface area contributed by atoms with Crippen LogP contribution in [-0.4, -0.2) is 68.2 Å². The zero-order valence-electron chi connectivity index (χ0n) is 20.6. The molecule has 2 aromatic carbocycles. The van der Waals surface area contributed by atoms with Crippen molar-refractivity contribution in [2.24, 2.45) is 0 Å². The van der Waals surface area contributed by atoms with Crippen molar-refractivity contribution in [3.8, 4) is 5.75 Å². The molecule has 1 aliphatic rings. The van der Waals surface area contributed by atoms with Crippen LogP contribution in [0.1, 0.15) is 6.92 Å². The van der Waals surface area contributed by atoms with Crippen molar-refractivity contribution >= 4 is 41.7 Å². The second-order valence-electron chi connectivity index (χ2n) is 9.52. The van der Waals surface area contributed by atoms with Gasteiger partial charge in [-0.25, -0.2) is 9.48 Å². The molecule has 182 valence electrons. The molecule has 2 N–H and O–H groups in total. The number of aromatic nitrogens is 2. The Morgan fingerprint density at radius 2 is 1.82 bits per heavy atom. The first kappa shape index (κ1) is 24.2. The van der Waals surface area contributed by atoms with E-state index in [1.165, 1.54) is 0 Å². The van der Waals surface area contributed by atoms with E-state index in [0.29, 0.717) is 19.0 Å². The number of carbonyl (C=O) groups excluding carboxylic acids is 1. The number of hydrogen-bond acceptors (Lipinski definition) is 5. The van der Waals surface area contributed by atoms with E-state index >= 15 is 0 Å². The summed E-state index contributed by atoms with van der Waals surface area (Å²) < 4.78 is 13.4. The number of fused-ring (bicyclic) bond motifs is 1. The Labute approximate surface area is 202 Å². The first-order valence-corrected chi connectivity index (χ1v) is 15.5. The van der Waals surface area contributed by atoms with Gasteiger partial charge in [0.05, 0.1) is 18.9 Å². The summed E-state index contributed by atoms with van der Waals surface area (Å²) in [6.45, 7) is 14.4. The molecule has 1 saturated heterocycles. The highest BCUT2D eigenvalue weighted by Gasteiger charge is 2.22. The van der Waals surface area contributed by atoms with Crippen LogP contribution >= 0.6 is 0 Å². The highest BCUT2D eigenvalue weighted by Crippen LogP contribution is 2.31. The second kappa shape index (κ2) is 10.6. The van der Waals surface area contributed by atoms with Gasteiger partial charge < -0.3 is 14.8 Å². The minimum absolute atomic E-state index is 0.289. The van der Waals surface area contributed by atoms with E-state index in [1.807, 2.05) is 54.1 Å². The lowest BCUT2D eigenvalue weighted by atomic mass is 10.1. The summed E-state index contributed by atoms with van der Waals surface area (Å²) in [6, 6.07) is 13.5. The maximum Gasteiger partial charge on any atom is 0.324 e. The minimum Gasteiger partial charge on any atom is -0.492 e. The summed E-state index contributed by atoms with van der Waals surface area (Å²) in [7, 11) is -1.58. The summed E-state index contributed by atoms with van der Waals surface area (Å²) >= 11 is 0. The maximum absolute atomic E-state index is 12.9. The van der Waals surface area contributed by atoms with E-state index in [9.17, 15) is 4.79 Å². The second-order valence-corrected chi connectivity index (χ2v) is 14.5. The van der Waals surface area contributed by atoms with E-state index < -0.39 is 8.07 Å². The number of carbonyl (C=O) groups is 1. The molecule has 9 heteroatoms. The highest BCUT2D eigenvalue weighted by atomic mass is 28.3. The fourth-order valence-electron chi connectivity index (χ4n) is 4.01. The number of urea groups is 1. The highest BCUT2D eigenvalue weighted by molar-refractivity contribution is 6.88. The number of nitrogens with one attached hydrogen (secondary N) is 2. The average Bonchev–Trinajstić information content (AvgIpc) is 3.24. The lowest BCUT2D eigenvalue weighted by molar-refractivity contribution is 0.0323. The fraction of sp³-hybridized carbons (Fsp3) is 0.440. The van der Waals surface area contributed by atoms with Gasteiger partial charge in [0.2, 0.25) is 0 Å². The van der Waals surface area contributed by atoms with Gasteiger partial charge in [-0.05, 0) is 25.1 Å². The number of hydrogen-bond donors (Lipinski definition) is 2. The Bertz CT molecular complexity index is 1140. The van der Waals surface area contributed by atoms with Crippen molar-refractivity contribution in [1.29, 1.82) is 0 Å². The van der Waals surface area contributed by atoms with Gasteiger partial charge in [-0.3, -0.25) is 10.2 Å². The average molecular weight is 482 g/mol. The number of rotatable bonds is 8. The van der Waals surface area contributed by atoms with Crippen molar-refractivity contribution < 1.29 is 14.3 Å². The van der Waals surface area contributed by atoms with Gasteiger partial charge in [-0.2, -0.15) is 5.10 Å². The van der Waals surface area contributed by atoms with Crippen LogP contribution in [0.25, 0.3) is 10.8 Å². The van der Waals surface area contributed by atoms with Crippen LogP contribution in [0.2, 0.25) is 19.6 Å². The van der Waals surface area contributed by atoms with Crippen molar-refractivity contribution in [3.63, 3.8) is 0 Å². The van der Waals surface area contributed by atoms with E-state index in [4.69, 9.17) is 14.6 Å². The largest absolute Gasteiger partial charge is 0.492 e. The topological polar surface area (TPSA) is 80.7 Å². The third-order valence-corrected chi connectivity index (χ3v) is 7.77.